The van der Waals surface area contributed by atoms with Gasteiger partial charge in [-0.15, -0.1) is 0 Å². The molecule has 1 heterocycles. The Morgan fingerprint density at radius 3 is 1.56 bits per heavy atom. The van der Waals surface area contributed by atoms with E-state index in [-0.39, 0.29) is 31.1 Å². The lowest BCUT2D eigenvalue weighted by molar-refractivity contribution is -0.142. The van der Waals surface area contributed by atoms with E-state index in [2.05, 4.69) is 21.3 Å². The van der Waals surface area contributed by atoms with E-state index in [4.69, 9.17) is 0 Å². The molecule has 0 saturated carbocycles. The topological polar surface area (TPSA) is 137 Å². The molecule has 256 valence electrons. The first-order chi connectivity index (χ1) is 24.3. The molecule has 3 atom stereocenters. The zero-order valence-corrected chi connectivity index (χ0v) is 27.8. The predicted octanol–water partition coefficient (Wildman–Crippen LogP) is 4.56. The lowest BCUT2D eigenvalue weighted by atomic mass is 9.95. The van der Waals surface area contributed by atoms with Crippen molar-refractivity contribution in [2.75, 3.05) is 13.1 Å². The third kappa shape index (κ3) is 8.92. The fourth-order valence-electron chi connectivity index (χ4n) is 6.59. The molecule has 5 aromatic carbocycles. The van der Waals surface area contributed by atoms with Crippen molar-refractivity contribution in [2.24, 2.45) is 5.92 Å². The summed E-state index contributed by atoms with van der Waals surface area (Å²) in [4.78, 5) is 54.0. The summed E-state index contributed by atoms with van der Waals surface area (Å²) in [5.41, 5.74) is 2.41. The van der Waals surface area contributed by atoms with Crippen LogP contribution < -0.4 is 21.3 Å². The standard InChI is InChI=1S/C41H42N4O5/c46-38(32-18-20-42-21-19-32)43-35(25-28-14-16-30-10-4-6-12-33(30)22-28)39(47)44-36(26-29-15-17-31-11-5-7-13-34(31)23-29)40(48)45-37(41(49)50)24-27-8-2-1-3-9-27/h1-17,22-23,32,35-37,42H,18-21,24-26H2,(H,43,46)(H,44,47)(H,45,48)(H,49,50)/t35-,36-,37+/m1/s1. The lowest BCUT2D eigenvalue weighted by Gasteiger charge is -2.27. The predicted molar refractivity (Wildman–Crippen MR) is 194 cm³/mol. The Kier molecular flexibility index (Phi) is 11.1. The summed E-state index contributed by atoms with van der Waals surface area (Å²) < 4.78 is 0. The van der Waals surface area contributed by atoms with Crippen molar-refractivity contribution < 1.29 is 24.3 Å². The molecule has 0 aliphatic carbocycles. The fraction of sp³-hybridized carbons (Fsp3) is 0.268. The summed E-state index contributed by atoms with van der Waals surface area (Å²) in [6.07, 6.45) is 1.74. The number of carbonyl (C=O) groups excluding carboxylic acids is 3. The number of fused-ring (bicyclic) bond motifs is 2. The van der Waals surface area contributed by atoms with E-state index < -0.39 is 35.9 Å². The van der Waals surface area contributed by atoms with E-state index >= 15 is 0 Å². The Hall–Kier alpha value is -5.54. The highest BCUT2D eigenvalue weighted by molar-refractivity contribution is 5.94. The van der Waals surface area contributed by atoms with Crippen LogP contribution in [0, 0.1) is 5.92 Å². The summed E-state index contributed by atoms with van der Waals surface area (Å²) in [6, 6.07) is 33.3. The van der Waals surface area contributed by atoms with Gasteiger partial charge in [-0.1, -0.05) is 115 Å². The third-order valence-electron chi connectivity index (χ3n) is 9.38. The van der Waals surface area contributed by atoms with Crippen LogP contribution in [0.3, 0.4) is 0 Å². The quantitative estimate of drug-likeness (QED) is 0.125. The monoisotopic (exact) mass is 670 g/mol. The largest absolute Gasteiger partial charge is 0.480 e. The highest BCUT2D eigenvalue weighted by Crippen LogP contribution is 2.20. The molecule has 0 aromatic heterocycles. The highest BCUT2D eigenvalue weighted by atomic mass is 16.4. The van der Waals surface area contributed by atoms with Crippen LogP contribution in [-0.2, 0) is 38.4 Å². The first kappa shape index (κ1) is 34.3. The second-order valence-electron chi connectivity index (χ2n) is 13.0. The minimum atomic E-state index is -1.21. The zero-order valence-electron chi connectivity index (χ0n) is 27.8. The molecule has 5 aromatic rings. The molecule has 0 radical (unpaired) electrons. The molecule has 1 aliphatic rings. The number of nitrogens with one attached hydrogen (secondary N) is 4. The summed E-state index contributed by atoms with van der Waals surface area (Å²) in [5.74, 6) is -2.74. The maximum atomic E-state index is 14.2. The molecular weight excluding hydrogens is 628 g/mol. The van der Waals surface area contributed by atoms with Gasteiger partial charge in [-0.05, 0) is 64.2 Å². The number of benzene rings is 5. The number of piperidine rings is 1. The molecule has 1 fully saturated rings. The molecule has 50 heavy (non-hydrogen) atoms. The van der Waals surface area contributed by atoms with Crippen molar-refractivity contribution >= 4 is 45.2 Å². The average molecular weight is 671 g/mol. The van der Waals surface area contributed by atoms with Gasteiger partial charge in [0.05, 0.1) is 0 Å². The number of hydrogen-bond acceptors (Lipinski definition) is 5. The first-order valence-corrected chi connectivity index (χ1v) is 17.2. The van der Waals surface area contributed by atoms with Crippen molar-refractivity contribution in [3.05, 3.63) is 132 Å². The number of rotatable bonds is 13. The Morgan fingerprint density at radius 1 is 0.560 bits per heavy atom. The van der Waals surface area contributed by atoms with Crippen molar-refractivity contribution in [1.82, 2.24) is 21.3 Å². The van der Waals surface area contributed by atoms with Crippen LogP contribution in [0.25, 0.3) is 21.5 Å². The molecule has 0 bridgehead atoms. The van der Waals surface area contributed by atoms with Gasteiger partial charge in [0.2, 0.25) is 17.7 Å². The number of amides is 3. The summed E-state index contributed by atoms with van der Waals surface area (Å²) in [7, 11) is 0. The van der Waals surface area contributed by atoms with Gasteiger partial charge in [0.25, 0.3) is 0 Å². The van der Waals surface area contributed by atoms with Gasteiger partial charge in [0.1, 0.15) is 18.1 Å². The molecule has 0 spiro atoms. The van der Waals surface area contributed by atoms with Crippen LogP contribution in [0.4, 0.5) is 0 Å². The van der Waals surface area contributed by atoms with Gasteiger partial charge in [-0.25, -0.2) is 4.79 Å². The van der Waals surface area contributed by atoms with Crippen LogP contribution in [-0.4, -0.2) is 60.0 Å². The lowest BCUT2D eigenvalue weighted by Crippen LogP contribution is -2.57. The van der Waals surface area contributed by atoms with Crippen molar-refractivity contribution in [3.8, 4) is 0 Å². The van der Waals surface area contributed by atoms with E-state index in [9.17, 15) is 24.3 Å². The molecule has 9 heteroatoms. The number of carboxylic acids is 1. The van der Waals surface area contributed by atoms with Crippen LogP contribution in [0.1, 0.15) is 29.5 Å². The Morgan fingerprint density at radius 2 is 1.02 bits per heavy atom. The minimum absolute atomic E-state index is 0.0788. The molecular formula is C41H42N4O5. The fourth-order valence-corrected chi connectivity index (χ4v) is 6.59. The SMILES string of the molecule is O=C(N[C@H](Cc1ccc2ccccc2c1)C(=O)N[C@H](Cc1ccc2ccccc2c1)C(=O)N[C@@H](Cc1ccccc1)C(=O)O)C1CCNCC1. The van der Waals surface area contributed by atoms with Gasteiger partial charge >= 0.3 is 5.97 Å². The zero-order chi connectivity index (χ0) is 34.9. The summed E-state index contributed by atoms with van der Waals surface area (Å²) in [6.45, 7) is 1.45. The number of carboxylic acid groups (broad SMARTS) is 1. The third-order valence-corrected chi connectivity index (χ3v) is 9.38. The Labute approximate surface area is 291 Å². The normalized spacial score (nSPS) is 15.1. The summed E-state index contributed by atoms with van der Waals surface area (Å²) >= 11 is 0. The van der Waals surface area contributed by atoms with Crippen molar-refractivity contribution in [2.45, 2.75) is 50.2 Å². The van der Waals surface area contributed by atoms with E-state index in [1.807, 2.05) is 103 Å². The van der Waals surface area contributed by atoms with Crippen LogP contribution in [0.5, 0.6) is 0 Å². The number of hydrogen-bond donors (Lipinski definition) is 5. The Bertz CT molecular complexity index is 1970. The van der Waals surface area contributed by atoms with E-state index in [0.29, 0.717) is 12.8 Å². The maximum absolute atomic E-state index is 14.2. The minimum Gasteiger partial charge on any atom is -0.480 e. The molecule has 6 rings (SSSR count). The molecule has 9 nitrogen and oxygen atoms in total. The number of carbonyl (C=O) groups is 4. The second kappa shape index (κ2) is 16.2. The van der Waals surface area contributed by atoms with E-state index in [1.54, 1.807) is 12.1 Å². The second-order valence-corrected chi connectivity index (χ2v) is 13.0. The molecule has 1 saturated heterocycles. The van der Waals surface area contributed by atoms with Crippen LogP contribution in [0.15, 0.2) is 115 Å². The van der Waals surface area contributed by atoms with E-state index in [0.717, 1.165) is 51.3 Å². The highest BCUT2D eigenvalue weighted by Gasteiger charge is 2.32. The van der Waals surface area contributed by atoms with Crippen LogP contribution >= 0.6 is 0 Å². The summed E-state index contributed by atoms with van der Waals surface area (Å²) in [5, 5.41) is 26.0. The molecule has 5 N–H and O–H groups in total. The molecule has 0 unspecified atom stereocenters. The van der Waals surface area contributed by atoms with Gasteiger partial charge in [0.15, 0.2) is 0 Å². The van der Waals surface area contributed by atoms with Gasteiger partial charge in [0, 0.05) is 25.2 Å². The van der Waals surface area contributed by atoms with Crippen molar-refractivity contribution in [3.63, 3.8) is 0 Å². The first-order valence-electron chi connectivity index (χ1n) is 17.2. The van der Waals surface area contributed by atoms with Crippen LogP contribution in [0.2, 0.25) is 0 Å². The van der Waals surface area contributed by atoms with Gasteiger partial charge < -0.3 is 26.4 Å². The van der Waals surface area contributed by atoms with Gasteiger partial charge in [-0.2, -0.15) is 0 Å². The molecule has 1 aliphatic heterocycles. The maximum Gasteiger partial charge on any atom is 0.326 e. The number of aliphatic carboxylic acids is 1. The Balaban J connectivity index is 1.27. The van der Waals surface area contributed by atoms with E-state index in [1.165, 1.54) is 0 Å². The average Bonchev–Trinajstić information content (AvgIpc) is 3.14. The molecule has 3 amide bonds. The van der Waals surface area contributed by atoms with Gasteiger partial charge in [-0.3, -0.25) is 14.4 Å². The smallest absolute Gasteiger partial charge is 0.326 e. The van der Waals surface area contributed by atoms with Crippen molar-refractivity contribution in [1.29, 1.82) is 0 Å².